The summed E-state index contributed by atoms with van der Waals surface area (Å²) in [7, 11) is 0. The molecule has 1 atom stereocenters. The predicted molar refractivity (Wildman–Crippen MR) is 101 cm³/mol. The minimum atomic E-state index is -0.616. The number of dihydropyridines is 1. The van der Waals surface area contributed by atoms with Crippen molar-refractivity contribution in [3.63, 3.8) is 0 Å². The lowest BCUT2D eigenvalue weighted by molar-refractivity contribution is -0.138. The molecule has 0 spiro atoms. The minimum absolute atomic E-state index is 0.0431. The maximum atomic E-state index is 13.8. The van der Waals surface area contributed by atoms with E-state index in [2.05, 4.69) is 21.2 Å². The number of esters is 1. The summed E-state index contributed by atoms with van der Waals surface area (Å²) >= 11 is 3.20. The van der Waals surface area contributed by atoms with E-state index in [9.17, 15) is 14.0 Å². The highest BCUT2D eigenvalue weighted by atomic mass is 79.9. The van der Waals surface area contributed by atoms with E-state index in [4.69, 9.17) is 9.47 Å². The SMILES string of the molecule is CCCC1=C(C(=O)OCC)C(c2ccc(F)c(Br)c2)C2=C(COCC2=O)N1. The summed E-state index contributed by atoms with van der Waals surface area (Å²) in [6, 6.07) is 4.54. The molecule has 0 amide bonds. The lowest BCUT2D eigenvalue weighted by Gasteiger charge is -2.35. The van der Waals surface area contributed by atoms with Crippen LogP contribution in [0.1, 0.15) is 38.2 Å². The summed E-state index contributed by atoms with van der Waals surface area (Å²) in [6.45, 7) is 4.20. The van der Waals surface area contributed by atoms with Crippen molar-refractivity contribution in [2.45, 2.75) is 32.6 Å². The lowest BCUT2D eigenvalue weighted by atomic mass is 9.77. The maximum Gasteiger partial charge on any atom is 0.336 e. The summed E-state index contributed by atoms with van der Waals surface area (Å²) in [5.41, 5.74) is 2.93. The van der Waals surface area contributed by atoms with Crippen LogP contribution in [0.5, 0.6) is 0 Å². The van der Waals surface area contributed by atoms with E-state index in [-0.39, 0.29) is 30.1 Å². The Kier molecular flexibility index (Phi) is 6.11. The van der Waals surface area contributed by atoms with Gasteiger partial charge >= 0.3 is 5.97 Å². The van der Waals surface area contributed by atoms with Crippen LogP contribution in [0.4, 0.5) is 4.39 Å². The fourth-order valence-corrected chi connectivity index (χ4v) is 3.90. The standard InChI is InChI=1S/C20H21BrFNO4/c1-3-5-14-19(20(25)27-4-2)17(11-6-7-13(22)12(21)8-11)18-15(23-14)9-26-10-16(18)24/h6-8,17,23H,3-5,9-10H2,1-2H3. The Balaban J connectivity index is 2.21. The number of nitrogens with one attached hydrogen (secondary N) is 1. The number of allylic oxidation sites excluding steroid dienone is 1. The molecule has 2 aliphatic rings. The van der Waals surface area contributed by atoms with Crippen LogP contribution < -0.4 is 5.32 Å². The van der Waals surface area contributed by atoms with Crippen LogP contribution in [0, 0.1) is 5.82 Å². The van der Waals surface area contributed by atoms with Crippen LogP contribution in [0.3, 0.4) is 0 Å². The second kappa shape index (κ2) is 8.35. The number of ether oxygens (including phenoxy) is 2. The van der Waals surface area contributed by atoms with Gasteiger partial charge < -0.3 is 14.8 Å². The maximum absolute atomic E-state index is 13.8. The number of hydrogen-bond donors (Lipinski definition) is 1. The summed E-state index contributed by atoms with van der Waals surface area (Å²) in [5.74, 6) is -1.68. The predicted octanol–water partition coefficient (Wildman–Crippen LogP) is 3.75. The number of Topliss-reactive ketones (excluding diaryl/α,β-unsaturated/α-hetero) is 1. The first-order valence-corrected chi connectivity index (χ1v) is 9.73. The Hall–Kier alpha value is -1.99. The number of hydrogen-bond acceptors (Lipinski definition) is 5. The molecular formula is C20H21BrFNO4. The topological polar surface area (TPSA) is 64.6 Å². The average molecular weight is 438 g/mol. The molecule has 0 saturated carbocycles. The summed E-state index contributed by atoms with van der Waals surface area (Å²) < 4.78 is 24.7. The zero-order valence-electron chi connectivity index (χ0n) is 15.2. The van der Waals surface area contributed by atoms with Gasteiger partial charge in [-0.1, -0.05) is 19.4 Å². The third kappa shape index (κ3) is 3.84. The molecule has 27 heavy (non-hydrogen) atoms. The van der Waals surface area contributed by atoms with Crippen molar-refractivity contribution in [3.8, 4) is 0 Å². The van der Waals surface area contributed by atoms with Crippen LogP contribution in [-0.2, 0) is 19.1 Å². The van der Waals surface area contributed by atoms with Crippen molar-refractivity contribution in [2.24, 2.45) is 0 Å². The Morgan fingerprint density at radius 3 is 2.81 bits per heavy atom. The molecule has 0 aromatic heterocycles. The van der Waals surface area contributed by atoms with Crippen LogP contribution in [-0.4, -0.2) is 31.6 Å². The molecular weight excluding hydrogens is 417 g/mol. The van der Waals surface area contributed by atoms with E-state index in [1.807, 2.05) is 6.92 Å². The summed E-state index contributed by atoms with van der Waals surface area (Å²) in [5, 5.41) is 3.23. The van der Waals surface area contributed by atoms with Crippen molar-refractivity contribution in [1.29, 1.82) is 0 Å². The van der Waals surface area contributed by atoms with Gasteiger partial charge in [0.25, 0.3) is 0 Å². The zero-order chi connectivity index (χ0) is 19.6. The molecule has 1 aromatic rings. The Bertz CT molecular complexity index is 846. The normalized spacial score (nSPS) is 19.7. The number of carbonyl (C=O) groups excluding carboxylic acids is 2. The molecule has 1 aromatic carbocycles. The molecule has 0 saturated heterocycles. The highest BCUT2D eigenvalue weighted by molar-refractivity contribution is 9.10. The summed E-state index contributed by atoms with van der Waals surface area (Å²) in [6.07, 6.45) is 1.43. The first kappa shape index (κ1) is 19.8. The minimum Gasteiger partial charge on any atom is -0.463 e. The van der Waals surface area contributed by atoms with Gasteiger partial charge in [0.2, 0.25) is 0 Å². The van der Waals surface area contributed by atoms with E-state index in [0.29, 0.717) is 28.8 Å². The molecule has 2 aliphatic heterocycles. The molecule has 0 fully saturated rings. The second-order valence-electron chi connectivity index (χ2n) is 6.40. The lowest BCUT2D eigenvalue weighted by Crippen LogP contribution is -2.38. The van der Waals surface area contributed by atoms with Crippen LogP contribution >= 0.6 is 15.9 Å². The number of halogens is 2. The van der Waals surface area contributed by atoms with E-state index in [1.54, 1.807) is 19.1 Å². The molecule has 0 bridgehead atoms. The van der Waals surface area contributed by atoms with Crippen molar-refractivity contribution in [1.82, 2.24) is 5.32 Å². The van der Waals surface area contributed by atoms with E-state index in [0.717, 1.165) is 12.1 Å². The molecule has 3 rings (SSSR count). The first-order valence-electron chi connectivity index (χ1n) is 8.94. The van der Waals surface area contributed by atoms with Crippen molar-refractivity contribution in [2.75, 3.05) is 19.8 Å². The molecule has 144 valence electrons. The number of benzene rings is 1. The van der Waals surface area contributed by atoms with Gasteiger partial charge in [-0.05, 0) is 47.0 Å². The number of rotatable bonds is 5. The second-order valence-corrected chi connectivity index (χ2v) is 7.26. The highest BCUT2D eigenvalue weighted by Gasteiger charge is 2.40. The molecule has 7 heteroatoms. The van der Waals surface area contributed by atoms with Crippen LogP contribution in [0.15, 0.2) is 45.2 Å². The molecule has 5 nitrogen and oxygen atoms in total. The number of ketones is 1. The van der Waals surface area contributed by atoms with Gasteiger partial charge in [0.05, 0.1) is 23.3 Å². The molecule has 1 unspecified atom stereocenters. The van der Waals surface area contributed by atoms with Crippen LogP contribution in [0.25, 0.3) is 0 Å². The Morgan fingerprint density at radius 1 is 1.37 bits per heavy atom. The Labute approximate surface area is 165 Å². The third-order valence-corrected chi connectivity index (χ3v) is 5.19. The van der Waals surface area contributed by atoms with Gasteiger partial charge in [-0.25, -0.2) is 9.18 Å². The van der Waals surface area contributed by atoms with E-state index >= 15 is 0 Å². The van der Waals surface area contributed by atoms with Crippen molar-refractivity contribution < 1.29 is 23.5 Å². The largest absolute Gasteiger partial charge is 0.463 e. The van der Waals surface area contributed by atoms with Crippen LogP contribution in [0.2, 0.25) is 0 Å². The zero-order valence-corrected chi connectivity index (χ0v) is 16.8. The van der Waals surface area contributed by atoms with Gasteiger partial charge in [-0.2, -0.15) is 0 Å². The molecule has 0 radical (unpaired) electrons. The van der Waals surface area contributed by atoms with E-state index < -0.39 is 17.7 Å². The third-order valence-electron chi connectivity index (χ3n) is 4.58. The average Bonchev–Trinajstić information content (AvgIpc) is 2.63. The van der Waals surface area contributed by atoms with Gasteiger partial charge in [-0.3, -0.25) is 4.79 Å². The fraction of sp³-hybridized carbons (Fsp3) is 0.400. The van der Waals surface area contributed by atoms with E-state index in [1.165, 1.54) is 6.07 Å². The Morgan fingerprint density at radius 2 is 2.15 bits per heavy atom. The molecule has 1 N–H and O–H groups in total. The monoisotopic (exact) mass is 437 g/mol. The van der Waals surface area contributed by atoms with Gasteiger partial charge in [0.15, 0.2) is 5.78 Å². The van der Waals surface area contributed by atoms with Crippen molar-refractivity contribution in [3.05, 3.63) is 56.6 Å². The van der Waals surface area contributed by atoms with Crippen molar-refractivity contribution >= 4 is 27.7 Å². The smallest absolute Gasteiger partial charge is 0.336 e. The molecule has 0 aliphatic carbocycles. The van der Waals surface area contributed by atoms with Gasteiger partial charge in [0, 0.05) is 22.9 Å². The van der Waals surface area contributed by atoms with Gasteiger partial charge in [-0.15, -0.1) is 0 Å². The van der Waals surface area contributed by atoms with Gasteiger partial charge in [0.1, 0.15) is 12.4 Å². The highest BCUT2D eigenvalue weighted by Crippen LogP contribution is 2.42. The number of carbonyl (C=O) groups is 2. The first-order chi connectivity index (χ1) is 13.0. The quantitative estimate of drug-likeness (QED) is 0.710. The summed E-state index contributed by atoms with van der Waals surface area (Å²) in [4.78, 5) is 25.5. The molecule has 2 heterocycles. The fourth-order valence-electron chi connectivity index (χ4n) is 3.50.